The quantitative estimate of drug-likeness (QED) is 0.840. The van der Waals surface area contributed by atoms with E-state index in [0.717, 1.165) is 12.1 Å². The minimum atomic E-state index is -4.47. The van der Waals surface area contributed by atoms with E-state index >= 15 is 0 Å². The highest BCUT2D eigenvalue weighted by Crippen LogP contribution is 2.30. The van der Waals surface area contributed by atoms with Gasteiger partial charge in [0.2, 0.25) is 0 Å². The van der Waals surface area contributed by atoms with E-state index in [4.69, 9.17) is 9.47 Å². The lowest BCUT2D eigenvalue weighted by molar-refractivity contribution is -0.137. The van der Waals surface area contributed by atoms with E-state index < -0.39 is 23.2 Å². The first-order valence-corrected chi connectivity index (χ1v) is 7.79. The highest BCUT2D eigenvalue weighted by Gasteiger charge is 2.40. The molecule has 0 radical (unpaired) electrons. The third-order valence-corrected chi connectivity index (χ3v) is 4.21. The van der Waals surface area contributed by atoms with E-state index in [1.165, 1.54) is 17.0 Å². The maximum absolute atomic E-state index is 12.8. The first kappa shape index (κ1) is 17.2. The molecule has 2 aliphatic rings. The molecule has 1 aromatic rings. The van der Waals surface area contributed by atoms with Crippen LogP contribution in [0.1, 0.15) is 15.9 Å². The molecule has 3 rings (SSSR count). The third-order valence-electron chi connectivity index (χ3n) is 4.21. The SMILES string of the molecule is O=C(c1cccc(C(F)(F)F)c1)N1CCO[C@@]2(CNCCOC2)C1. The number of rotatable bonds is 1. The van der Waals surface area contributed by atoms with Gasteiger partial charge in [0.05, 0.1) is 31.9 Å². The predicted octanol–water partition coefficient (Wildman–Crippen LogP) is 1.54. The smallest absolute Gasteiger partial charge is 0.377 e. The summed E-state index contributed by atoms with van der Waals surface area (Å²) in [6.45, 7) is 3.12. The van der Waals surface area contributed by atoms with Crippen molar-refractivity contribution in [3.8, 4) is 0 Å². The number of hydrogen-bond donors (Lipinski definition) is 1. The zero-order valence-corrected chi connectivity index (χ0v) is 13.1. The monoisotopic (exact) mass is 344 g/mol. The van der Waals surface area contributed by atoms with Crippen molar-refractivity contribution in [3.05, 3.63) is 35.4 Å². The van der Waals surface area contributed by atoms with Crippen LogP contribution >= 0.6 is 0 Å². The Bertz CT molecular complexity index is 598. The standard InChI is InChI=1S/C16H19F3N2O3/c17-16(18,19)13-3-1-2-12(8-13)14(22)21-5-7-24-15(10-21)9-20-4-6-23-11-15/h1-3,8,20H,4-7,9-11H2/t15-/m0/s1. The van der Waals surface area contributed by atoms with Gasteiger partial charge in [0, 0.05) is 25.2 Å². The third kappa shape index (κ3) is 3.71. The Balaban J connectivity index is 1.77. The van der Waals surface area contributed by atoms with Crippen molar-refractivity contribution in [3.63, 3.8) is 0 Å². The Morgan fingerprint density at radius 2 is 2.12 bits per heavy atom. The number of morpholine rings is 1. The van der Waals surface area contributed by atoms with Crippen LogP contribution < -0.4 is 5.32 Å². The van der Waals surface area contributed by atoms with Crippen LogP contribution in [0.3, 0.4) is 0 Å². The molecule has 2 fully saturated rings. The van der Waals surface area contributed by atoms with E-state index in [-0.39, 0.29) is 12.1 Å². The number of nitrogens with one attached hydrogen (secondary N) is 1. The van der Waals surface area contributed by atoms with Crippen molar-refractivity contribution in [2.75, 3.05) is 46.0 Å². The molecule has 2 aliphatic heterocycles. The molecule has 1 atom stereocenters. The van der Waals surface area contributed by atoms with Crippen molar-refractivity contribution in [1.82, 2.24) is 10.2 Å². The normalized spacial score (nSPS) is 25.5. The maximum Gasteiger partial charge on any atom is 0.416 e. The van der Waals surface area contributed by atoms with Crippen LogP contribution in [0.15, 0.2) is 24.3 Å². The van der Waals surface area contributed by atoms with Crippen molar-refractivity contribution >= 4 is 5.91 Å². The van der Waals surface area contributed by atoms with Crippen LogP contribution in [0.5, 0.6) is 0 Å². The molecule has 0 aromatic heterocycles. The molecule has 1 spiro atoms. The molecule has 5 nitrogen and oxygen atoms in total. The molecule has 2 heterocycles. The van der Waals surface area contributed by atoms with Crippen LogP contribution in [0.4, 0.5) is 13.2 Å². The summed E-state index contributed by atoms with van der Waals surface area (Å²) in [5.41, 5.74) is -1.44. The van der Waals surface area contributed by atoms with Gasteiger partial charge in [-0.3, -0.25) is 4.79 Å². The maximum atomic E-state index is 12.8. The molecule has 1 amide bonds. The number of nitrogens with zero attached hydrogens (tertiary/aromatic N) is 1. The molecule has 2 saturated heterocycles. The largest absolute Gasteiger partial charge is 0.416 e. The summed E-state index contributed by atoms with van der Waals surface area (Å²) in [7, 11) is 0. The highest BCUT2D eigenvalue weighted by molar-refractivity contribution is 5.94. The number of ether oxygens (including phenoxy) is 2. The van der Waals surface area contributed by atoms with Gasteiger partial charge in [-0.1, -0.05) is 6.07 Å². The predicted molar refractivity (Wildman–Crippen MR) is 79.7 cm³/mol. The summed E-state index contributed by atoms with van der Waals surface area (Å²) in [6.07, 6.45) is -4.47. The van der Waals surface area contributed by atoms with Crippen molar-refractivity contribution in [2.24, 2.45) is 0 Å². The lowest BCUT2D eigenvalue weighted by Gasteiger charge is -2.41. The highest BCUT2D eigenvalue weighted by atomic mass is 19.4. The Morgan fingerprint density at radius 3 is 2.92 bits per heavy atom. The molecule has 1 N–H and O–H groups in total. The Labute approximate surface area is 137 Å². The van der Waals surface area contributed by atoms with Crippen LogP contribution in [0.25, 0.3) is 0 Å². The number of alkyl halides is 3. The van der Waals surface area contributed by atoms with Crippen molar-refractivity contribution < 1.29 is 27.4 Å². The van der Waals surface area contributed by atoms with E-state index in [1.807, 2.05) is 0 Å². The Hall–Kier alpha value is -1.64. The average molecular weight is 344 g/mol. The molecule has 0 aliphatic carbocycles. The van der Waals surface area contributed by atoms with Gasteiger partial charge in [0.1, 0.15) is 5.60 Å². The fourth-order valence-corrected chi connectivity index (χ4v) is 2.99. The van der Waals surface area contributed by atoms with E-state index in [0.29, 0.717) is 39.5 Å². The molecular weight excluding hydrogens is 325 g/mol. The van der Waals surface area contributed by atoms with Gasteiger partial charge in [-0.25, -0.2) is 0 Å². The lowest BCUT2D eigenvalue weighted by Crippen LogP contribution is -2.59. The number of carbonyl (C=O) groups is 1. The number of benzene rings is 1. The van der Waals surface area contributed by atoms with Gasteiger partial charge in [-0.15, -0.1) is 0 Å². The second kappa shape index (κ2) is 6.70. The fourth-order valence-electron chi connectivity index (χ4n) is 2.99. The molecule has 8 heteroatoms. The molecule has 0 bridgehead atoms. The van der Waals surface area contributed by atoms with Gasteiger partial charge < -0.3 is 19.7 Å². The lowest BCUT2D eigenvalue weighted by atomic mass is 10.0. The van der Waals surface area contributed by atoms with E-state index in [1.54, 1.807) is 0 Å². The van der Waals surface area contributed by atoms with Crippen LogP contribution in [-0.4, -0.2) is 62.4 Å². The zero-order chi connectivity index (χ0) is 17.2. The summed E-state index contributed by atoms with van der Waals surface area (Å²) in [4.78, 5) is 14.2. The van der Waals surface area contributed by atoms with Gasteiger partial charge in [-0.2, -0.15) is 13.2 Å². The number of amides is 1. The topological polar surface area (TPSA) is 50.8 Å². The summed E-state index contributed by atoms with van der Waals surface area (Å²) >= 11 is 0. The number of hydrogen-bond acceptors (Lipinski definition) is 4. The molecule has 1 aromatic carbocycles. The summed E-state index contributed by atoms with van der Waals surface area (Å²) < 4.78 is 49.8. The number of carbonyl (C=O) groups excluding carboxylic acids is 1. The molecule has 24 heavy (non-hydrogen) atoms. The minimum Gasteiger partial charge on any atom is -0.377 e. The number of halogens is 3. The summed E-state index contributed by atoms with van der Waals surface area (Å²) in [6, 6.07) is 4.51. The first-order valence-electron chi connectivity index (χ1n) is 7.79. The Morgan fingerprint density at radius 1 is 1.29 bits per heavy atom. The van der Waals surface area contributed by atoms with Crippen LogP contribution in [0.2, 0.25) is 0 Å². The summed E-state index contributed by atoms with van der Waals surface area (Å²) in [5.74, 6) is -0.423. The van der Waals surface area contributed by atoms with Gasteiger partial charge in [0.15, 0.2) is 0 Å². The van der Waals surface area contributed by atoms with Crippen molar-refractivity contribution in [2.45, 2.75) is 11.8 Å². The first-order chi connectivity index (χ1) is 11.4. The van der Waals surface area contributed by atoms with Gasteiger partial charge in [0.25, 0.3) is 5.91 Å². The Kier molecular flexibility index (Phi) is 4.80. The van der Waals surface area contributed by atoms with Gasteiger partial charge >= 0.3 is 6.18 Å². The zero-order valence-electron chi connectivity index (χ0n) is 13.1. The molecule has 0 unspecified atom stereocenters. The fraction of sp³-hybridized carbons (Fsp3) is 0.562. The van der Waals surface area contributed by atoms with Crippen LogP contribution in [-0.2, 0) is 15.7 Å². The average Bonchev–Trinajstić information content (AvgIpc) is 2.79. The summed E-state index contributed by atoms with van der Waals surface area (Å²) in [5, 5.41) is 3.20. The van der Waals surface area contributed by atoms with Gasteiger partial charge in [-0.05, 0) is 18.2 Å². The molecule has 132 valence electrons. The second-order valence-electron chi connectivity index (χ2n) is 6.07. The minimum absolute atomic E-state index is 0.0318. The molecular formula is C16H19F3N2O3. The van der Waals surface area contributed by atoms with Crippen molar-refractivity contribution in [1.29, 1.82) is 0 Å². The van der Waals surface area contributed by atoms with E-state index in [2.05, 4.69) is 5.32 Å². The molecule has 0 saturated carbocycles. The second-order valence-corrected chi connectivity index (χ2v) is 6.07. The van der Waals surface area contributed by atoms with E-state index in [9.17, 15) is 18.0 Å². The van der Waals surface area contributed by atoms with Crippen LogP contribution in [0, 0.1) is 0 Å².